The van der Waals surface area contributed by atoms with Crippen LogP contribution in [0.5, 0.6) is 0 Å². The topological polar surface area (TPSA) is 72.7 Å². The number of aliphatic hydroxyl groups excluding tert-OH is 1. The Balaban J connectivity index is 3.03. The Morgan fingerprint density at radius 3 is 2.70 bits per heavy atom. The molecule has 0 fully saturated rings. The van der Waals surface area contributed by atoms with Gasteiger partial charge in [0, 0.05) is 10.5 Å². The molecule has 4 nitrogen and oxygen atoms in total. The summed E-state index contributed by atoms with van der Waals surface area (Å²) in [5, 5.41) is 8.52. The number of thioether (sulfide) groups is 1. The van der Waals surface area contributed by atoms with Crippen molar-refractivity contribution in [2.45, 2.75) is 37.3 Å². The standard InChI is InChI=1S/C14H19NO3S2/c1-10-6-5-7-11(13(10)19-12(17)9-16)8-15-20(18)14(2,3)4/h5-8,16H,9H2,1-4H3/b15-8+. The molecular formula is C14H19NO3S2. The van der Waals surface area contributed by atoms with Gasteiger partial charge in [-0.3, -0.25) is 4.79 Å². The highest BCUT2D eigenvalue weighted by molar-refractivity contribution is 8.13. The number of nitrogens with zero attached hydrogens (tertiary/aromatic N) is 1. The van der Waals surface area contributed by atoms with Gasteiger partial charge in [-0.1, -0.05) is 22.6 Å². The SMILES string of the molecule is Cc1cccc(/C=N/[S+]([O-])C(C)(C)C)c1SC(=O)CO. The maximum absolute atomic E-state index is 11.9. The van der Waals surface area contributed by atoms with Crippen LogP contribution in [0.15, 0.2) is 27.5 Å². The number of carbonyl (C=O) groups is 1. The van der Waals surface area contributed by atoms with Gasteiger partial charge in [-0.05, 0) is 45.0 Å². The summed E-state index contributed by atoms with van der Waals surface area (Å²) in [4.78, 5) is 12.1. The van der Waals surface area contributed by atoms with Crippen molar-refractivity contribution in [3.05, 3.63) is 29.3 Å². The van der Waals surface area contributed by atoms with Gasteiger partial charge in [0.25, 0.3) is 0 Å². The summed E-state index contributed by atoms with van der Waals surface area (Å²) >= 11 is -0.364. The third-order valence-electron chi connectivity index (χ3n) is 2.40. The highest BCUT2D eigenvalue weighted by Crippen LogP contribution is 2.27. The smallest absolute Gasteiger partial charge is 0.219 e. The zero-order valence-corrected chi connectivity index (χ0v) is 13.7. The molecule has 6 heteroatoms. The van der Waals surface area contributed by atoms with Gasteiger partial charge in [-0.15, -0.1) is 0 Å². The molecule has 110 valence electrons. The average Bonchev–Trinajstić information content (AvgIpc) is 2.37. The largest absolute Gasteiger partial charge is 0.591 e. The van der Waals surface area contributed by atoms with Crippen LogP contribution in [-0.2, 0) is 16.2 Å². The second-order valence-corrected chi connectivity index (χ2v) is 8.22. The highest BCUT2D eigenvalue weighted by Gasteiger charge is 2.26. The zero-order valence-electron chi connectivity index (χ0n) is 12.0. The number of hydrogen-bond donors (Lipinski definition) is 1. The fraction of sp³-hybridized carbons (Fsp3) is 0.429. The van der Waals surface area contributed by atoms with Crippen molar-refractivity contribution in [3.63, 3.8) is 0 Å². The van der Waals surface area contributed by atoms with Gasteiger partial charge in [-0.2, -0.15) is 0 Å². The van der Waals surface area contributed by atoms with E-state index >= 15 is 0 Å². The first-order valence-electron chi connectivity index (χ1n) is 6.13. The normalized spacial score (nSPS) is 13.7. The Hall–Kier alpha value is -0.820. The second kappa shape index (κ2) is 7.26. The maximum atomic E-state index is 11.9. The number of hydrogen-bond acceptors (Lipinski definition) is 5. The molecule has 0 saturated heterocycles. The Bertz CT molecular complexity index is 510. The van der Waals surface area contributed by atoms with Crippen LogP contribution in [0.2, 0.25) is 0 Å². The van der Waals surface area contributed by atoms with E-state index in [1.54, 1.807) is 0 Å². The fourth-order valence-corrected chi connectivity index (χ4v) is 2.61. The van der Waals surface area contributed by atoms with Crippen molar-refractivity contribution in [1.82, 2.24) is 0 Å². The predicted octanol–water partition coefficient (Wildman–Crippen LogP) is 2.49. The fourth-order valence-electron chi connectivity index (χ4n) is 1.33. The zero-order chi connectivity index (χ0) is 15.3. The minimum atomic E-state index is -1.34. The lowest BCUT2D eigenvalue weighted by Crippen LogP contribution is -2.25. The molecule has 0 aromatic heterocycles. The lowest BCUT2D eigenvalue weighted by atomic mass is 10.1. The van der Waals surface area contributed by atoms with Crippen molar-refractivity contribution in [3.8, 4) is 0 Å². The van der Waals surface area contributed by atoms with Gasteiger partial charge in [0.1, 0.15) is 22.7 Å². The van der Waals surface area contributed by atoms with E-state index in [1.807, 2.05) is 45.9 Å². The van der Waals surface area contributed by atoms with Crippen LogP contribution in [0, 0.1) is 6.92 Å². The molecule has 0 aliphatic heterocycles. The molecule has 0 saturated carbocycles. The lowest BCUT2D eigenvalue weighted by Gasteiger charge is -2.18. The molecule has 1 aromatic rings. The highest BCUT2D eigenvalue weighted by atomic mass is 32.2. The second-order valence-electron chi connectivity index (χ2n) is 5.22. The minimum absolute atomic E-state index is 0.328. The summed E-state index contributed by atoms with van der Waals surface area (Å²) in [6.07, 6.45) is 1.53. The van der Waals surface area contributed by atoms with E-state index < -0.39 is 22.7 Å². The molecular weight excluding hydrogens is 294 g/mol. The molecule has 0 amide bonds. The van der Waals surface area contributed by atoms with Crippen LogP contribution in [-0.4, -0.2) is 32.3 Å². The quantitative estimate of drug-likeness (QED) is 0.526. The van der Waals surface area contributed by atoms with Crippen molar-refractivity contribution in [1.29, 1.82) is 0 Å². The van der Waals surface area contributed by atoms with Gasteiger partial charge in [0.15, 0.2) is 0 Å². The first-order valence-corrected chi connectivity index (χ1v) is 8.05. The molecule has 0 aliphatic carbocycles. The lowest BCUT2D eigenvalue weighted by molar-refractivity contribution is -0.113. The molecule has 1 unspecified atom stereocenters. The van der Waals surface area contributed by atoms with Gasteiger partial charge in [0.05, 0.1) is 6.21 Å². The molecule has 0 spiro atoms. The van der Waals surface area contributed by atoms with Gasteiger partial charge in [0.2, 0.25) is 5.12 Å². The van der Waals surface area contributed by atoms with Gasteiger partial charge < -0.3 is 9.66 Å². The Kier molecular flexibility index (Phi) is 6.26. The van der Waals surface area contributed by atoms with Crippen molar-refractivity contribution < 1.29 is 14.5 Å². The van der Waals surface area contributed by atoms with E-state index in [-0.39, 0.29) is 5.12 Å². The van der Waals surface area contributed by atoms with E-state index in [9.17, 15) is 9.35 Å². The van der Waals surface area contributed by atoms with Crippen LogP contribution in [0.3, 0.4) is 0 Å². The van der Waals surface area contributed by atoms with E-state index in [0.717, 1.165) is 27.8 Å². The third-order valence-corrected chi connectivity index (χ3v) is 4.86. The van der Waals surface area contributed by atoms with E-state index in [1.165, 1.54) is 6.21 Å². The number of rotatable bonds is 4. The molecule has 1 aromatic carbocycles. The summed E-state index contributed by atoms with van der Waals surface area (Å²) in [6, 6.07) is 5.54. The van der Waals surface area contributed by atoms with E-state index in [0.29, 0.717) is 0 Å². The third kappa shape index (κ3) is 4.94. The van der Waals surface area contributed by atoms with Crippen molar-refractivity contribution in [2.75, 3.05) is 6.61 Å². The van der Waals surface area contributed by atoms with Crippen LogP contribution in [0.4, 0.5) is 0 Å². The maximum Gasteiger partial charge on any atom is 0.219 e. The first-order chi connectivity index (χ1) is 9.25. The number of benzene rings is 1. The van der Waals surface area contributed by atoms with E-state index in [4.69, 9.17) is 5.11 Å². The van der Waals surface area contributed by atoms with Crippen LogP contribution >= 0.6 is 11.8 Å². The molecule has 20 heavy (non-hydrogen) atoms. The summed E-state index contributed by atoms with van der Waals surface area (Å²) in [5.74, 6) is 0. The molecule has 0 heterocycles. The van der Waals surface area contributed by atoms with Crippen molar-refractivity contribution >= 4 is 34.5 Å². The number of aliphatic hydroxyl groups is 1. The summed E-state index contributed by atoms with van der Waals surface area (Å²) < 4.78 is 15.6. The summed E-state index contributed by atoms with van der Waals surface area (Å²) in [5.41, 5.74) is 1.65. The van der Waals surface area contributed by atoms with Crippen LogP contribution in [0.25, 0.3) is 0 Å². The number of aryl methyl sites for hydroxylation is 1. The molecule has 0 bridgehead atoms. The van der Waals surface area contributed by atoms with Crippen LogP contribution < -0.4 is 0 Å². The molecule has 0 aliphatic rings. The van der Waals surface area contributed by atoms with Gasteiger partial charge in [-0.25, -0.2) is 0 Å². The first kappa shape index (κ1) is 17.2. The predicted molar refractivity (Wildman–Crippen MR) is 84.6 cm³/mol. The molecule has 1 atom stereocenters. The van der Waals surface area contributed by atoms with E-state index in [2.05, 4.69) is 4.40 Å². The molecule has 1 rings (SSSR count). The van der Waals surface area contributed by atoms with Gasteiger partial charge >= 0.3 is 0 Å². The average molecular weight is 313 g/mol. The Labute approximate surface area is 127 Å². The number of carbonyl (C=O) groups excluding carboxylic acids is 1. The molecule has 0 radical (unpaired) electrons. The Morgan fingerprint density at radius 1 is 1.50 bits per heavy atom. The summed E-state index contributed by atoms with van der Waals surface area (Å²) in [6.45, 7) is 6.92. The van der Waals surface area contributed by atoms with Crippen LogP contribution in [0.1, 0.15) is 31.9 Å². The summed E-state index contributed by atoms with van der Waals surface area (Å²) in [7, 11) is 0. The van der Waals surface area contributed by atoms with Crippen molar-refractivity contribution in [2.24, 2.45) is 4.40 Å². The Morgan fingerprint density at radius 2 is 2.15 bits per heavy atom. The monoisotopic (exact) mass is 313 g/mol. The minimum Gasteiger partial charge on any atom is -0.591 e. The molecule has 1 N–H and O–H groups in total.